The maximum Gasteiger partial charge on any atom is 0.242 e. The fraction of sp³-hybridized carbons (Fsp3) is 0.875. The van der Waals surface area contributed by atoms with Crippen molar-refractivity contribution < 1.29 is 19.4 Å². The van der Waals surface area contributed by atoms with Gasteiger partial charge in [-0.25, -0.2) is 0 Å². The maximum atomic E-state index is 12.4. The van der Waals surface area contributed by atoms with Crippen LogP contribution in [0.15, 0.2) is 0 Å². The molecular weight excluding hydrogens is 284 g/mol. The van der Waals surface area contributed by atoms with Gasteiger partial charge in [-0.1, -0.05) is 34.6 Å². The number of hydrogen-bond acceptors (Lipinski definition) is 4. The number of nitrogens with one attached hydrogen (secondary N) is 2. The van der Waals surface area contributed by atoms with E-state index in [1.54, 1.807) is 0 Å². The van der Waals surface area contributed by atoms with Crippen molar-refractivity contribution in [1.29, 1.82) is 0 Å². The van der Waals surface area contributed by atoms with Crippen LogP contribution in [0.5, 0.6) is 0 Å². The smallest absolute Gasteiger partial charge is 0.242 e. The summed E-state index contributed by atoms with van der Waals surface area (Å²) in [6.45, 7) is 10.4. The topological polar surface area (TPSA) is 87.7 Å². The Morgan fingerprint density at radius 3 is 2.41 bits per heavy atom. The molecule has 6 nitrogen and oxygen atoms in total. The van der Waals surface area contributed by atoms with Crippen molar-refractivity contribution in [3.05, 3.63) is 0 Å². The lowest BCUT2D eigenvalue weighted by atomic mass is 9.91. The normalized spacial score (nSPS) is 23.4. The van der Waals surface area contributed by atoms with Gasteiger partial charge in [0.1, 0.15) is 6.04 Å². The second-order valence-electron chi connectivity index (χ2n) is 7.65. The Bertz CT molecular complexity index is 390. The third-order valence-electron chi connectivity index (χ3n) is 3.44. The van der Waals surface area contributed by atoms with Gasteiger partial charge in [0.2, 0.25) is 11.8 Å². The summed E-state index contributed by atoms with van der Waals surface area (Å²) in [6.07, 6.45) is 0.543. The average Bonchev–Trinajstić information content (AvgIpc) is 2.71. The van der Waals surface area contributed by atoms with E-state index in [4.69, 9.17) is 4.74 Å². The number of aliphatic hydroxyl groups is 1. The van der Waals surface area contributed by atoms with Gasteiger partial charge in [0.05, 0.1) is 12.6 Å². The zero-order valence-corrected chi connectivity index (χ0v) is 14.3. The summed E-state index contributed by atoms with van der Waals surface area (Å²) in [5.74, 6) is -0.113. The highest BCUT2D eigenvalue weighted by molar-refractivity contribution is 5.88. The molecule has 0 saturated carbocycles. The van der Waals surface area contributed by atoms with Gasteiger partial charge >= 0.3 is 0 Å². The van der Waals surface area contributed by atoms with E-state index in [0.29, 0.717) is 25.9 Å². The van der Waals surface area contributed by atoms with Gasteiger partial charge in [-0.2, -0.15) is 0 Å². The third kappa shape index (κ3) is 6.75. The molecule has 0 spiro atoms. The van der Waals surface area contributed by atoms with Gasteiger partial charge < -0.3 is 20.5 Å². The Morgan fingerprint density at radius 2 is 1.95 bits per heavy atom. The van der Waals surface area contributed by atoms with E-state index < -0.39 is 18.4 Å². The Labute approximate surface area is 133 Å². The minimum Gasteiger partial charge on any atom is -0.366 e. The number of hydrogen-bond donors (Lipinski definition) is 3. The molecule has 0 bridgehead atoms. The molecule has 0 aliphatic carbocycles. The fourth-order valence-electron chi connectivity index (χ4n) is 2.43. The first-order valence-electron chi connectivity index (χ1n) is 7.98. The average molecular weight is 314 g/mol. The lowest BCUT2D eigenvalue weighted by Gasteiger charge is -2.25. The van der Waals surface area contributed by atoms with Gasteiger partial charge in [-0.3, -0.25) is 9.59 Å². The first-order chi connectivity index (χ1) is 10.1. The summed E-state index contributed by atoms with van der Waals surface area (Å²) in [5.41, 5.74) is -0.127. The molecule has 0 radical (unpaired) electrons. The zero-order valence-electron chi connectivity index (χ0n) is 14.3. The van der Waals surface area contributed by atoms with Crippen LogP contribution in [-0.4, -0.2) is 41.9 Å². The maximum absolute atomic E-state index is 12.4. The van der Waals surface area contributed by atoms with Crippen molar-refractivity contribution >= 4 is 11.8 Å². The summed E-state index contributed by atoms with van der Waals surface area (Å²) in [5, 5.41) is 15.2. The van der Waals surface area contributed by atoms with Crippen LogP contribution in [0.3, 0.4) is 0 Å². The minimum absolute atomic E-state index is 0.127. The van der Waals surface area contributed by atoms with Crippen molar-refractivity contribution in [2.24, 2.45) is 11.3 Å². The highest BCUT2D eigenvalue weighted by atomic mass is 16.6. The molecule has 0 aromatic rings. The molecule has 1 aliphatic heterocycles. The van der Waals surface area contributed by atoms with Crippen LogP contribution in [0.4, 0.5) is 0 Å². The Hall–Kier alpha value is -1.14. The van der Waals surface area contributed by atoms with E-state index in [-0.39, 0.29) is 23.1 Å². The molecule has 1 rings (SSSR count). The summed E-state index contributed by atoms with van der Waals surface area (Å²) >= 11 is 0. The SMILES string of the molecule is CC(C)C[C@H](NC(=O)CC(C)(C)C)C(=O)N[C@H]1CCOC1O. The van der Waals surface area contributed by atoms with Crippen molar-refractivity contribution in [2.75, 3.05) is 6.61 Å². The van der Waals surface area contributed by atoms with Gasteiger partial charge in [0.15, 0.2) is 6.29 Å². The molecule has 1 unspecified atom stereocenters. The molecule has 1 saturated heterocycles. The number of carbonyl (C=O) groups is 2. The predicted molar refractivity (Wildman–Crippen MR) is 84.0 cm³/mol. The van der Waals surface area contributed by atoms with Crippen LogP contribution in [-0.2, 0) is 14.3 Å². The second kappa shape index (κ2) is 7.92. The summed E-state index contributed by atoms with van der Waals surface area (Å²) < 4.78 is 5.03. The first kappa shape index (κ1) is 18.9. The molecule has 1 aliphatic rings. The van der Waals surface area contributed by atoms with Crippen molar-refractivity contribution in [3.63, 3.8) is 0 Å². The number of aliphatic hydroxyl groups excluding tert-OH is 1. The number of ether oxygens (including phenoxy) is 1. The van der Waals surface area contributed by atoms with Crippen molar-refractivity contribution in [1.82, 2.24) is 10.6 Å². The van der Waals surface area contributed by atoms with Crippen LogP contribution in [0.25, 0.3) is 0 Å². The molecule has 3 atom stereocenters. The lowest BCUT2D eigenvalue weighted by molar-refractivity contribution is -0.132. The van der Waals surface area contributed by atoms with E-state index in [0.717, 1.165) is 0 Å². The molecule has 1 fully saturated rings. The monoisotopic (exact) mass is 314 g/mol. The van der Waals surface area contributed by atoms with E-state index >= 15 is 0 Å². The van der Waals surface area contributed by atoms with E-state index in [1.165, 1.54) is 0 Å². The summed E-state index contributed by atoms with van der Waals surface area (Å²) in [4.78, 5) is 24.5. The Balaban J connectivity index is 2.62. The lowest BCUT2D eigenvalue weighted by Crippen LogP contribution is -2.52. The largest absolute Gasteiger partial charge is 0.366 e. The van der Waals surface area contributed by atoms with Crippen LogP contribution < -0.4 is 10.6 Å². The second-order valence-corrected chi connectivity index (χ2v) is 7.65. The molecule has 128 valence electrons. The van der Waals surface area contributed by atoms with Crippen LogP contribution in [0, 0.1) is 11.3 Å². The molecule has 1 heterocycles. The van der Waals surface area contributed by atoms with E-state index in [9.17, 15) is 14.7 Å². The van der Waals surface area contributed by atoms with Gasteiger partial charge in [-0.15, -0.1) is 0 Å². The summed E-state index contributed by atoms with van der Waals surface area (Å²) in [7, 11) is 0. The third-order valence-corrected chi connectivity index (χ3v) is 3.44. The Kier molecular flexibility index (Phi) is 6.81. The molecule has 22 heavy (non-hydrogen) atoms. The highest BCUT2D eigenvalue weighted by Gasteiger charge is 2.31. The van der Waals surface area contributed by atoms with Crippen molar-refractivity contribution in [2.45, 2.75) is 72.3 Å². The van der Waals surface area contributed by atoms with Crippen LogP contribution in [0.1, 0.15) is 53.9 Å². The molecular formula is C16H30N2O4. The van der Waals surface area contributed by atoms with Crippen LogP contribution in [0.2, 0.25) is 0 Å². The van der Waals surface area contributed by atoms with Gasteiger partial charge in [0.25, 0.3) is 0 Å². The minimum atomic E-state index is -0.964. The standard InChI is InChI=1S/C16H30N2O4/c1-10(2)8-12(17-13(19)9-16(3,4)5)14(20)18-11-6-7-22-15(11)21/h10-12,15,21H,6-9H2,1-5H3,(H,17,19)(H,18,20)/t11-,12-,15?/m0/s1. The quantitative estimate of drug-likeness (QED) is 0.687. The first-order valence-corrected chi connectivity index (χ1v) is 7.98. The molecule has 2 amide bonds. The predicted octanol–water partition coefficient (Wildman–Crippen LogP) is 1.18. The number of amides is 2. The number of rotatable bonds is 6. The van der Waals surface area contributed by atoms with Crippen molar-refractivity contribution in [3.8, 4) is 0 Å². The van der Waals surface area contributed by atoms with Crippen LogP contribution >= 0.6 is 0 Å². The van der Waals surface area contributed by atoms with E-state index in [2.05, 4.69) is 10.6 Å². The van der Waals surface area contributed by atoms with Gasteiger partial charge in [0, 0.05) is 6.42 Å². The molecule has 0 aromatic heterocycles. The molecule has 3 N–H and O–H groups in total. The fourth-order valence-corrected chi connectivity index (χ4v) is 2.43. The van der Waals surface area contributed by atoms with E-state index in [1.807, 2.05) is 34.6 Å². The zero-order chi connectivity index (χ0) is 16.9. The molecule has 0 aromatic carbocycles. The summed E-state index contributed by atoms with van der Waals surface area (Å²) in [6, 6.07) is -0.982. The highest BCUT2D eigenvalue weighted by Crippen LogP contribution is 2.18. The Morgan fingerprint density at radius 1 is 1.32 bits per heavy atom. The van der Waals surface area contributed by atoms with Gasteiger partial charge in [-0.05, 0) is 24.2 Å². The number of carbonyl (C=O) groups excluding carboxylic acids is 2. The molecule has 6 heteroatoms.